The van der Waals surface area contributed by atoms with Crippen molar-refractivity contribution in [2.45, 2.75) is 19.1 Å². The van der Waals surface area contributed by atoms with E-state index in [1.54, 1.807) is 24.3 Å². The lowest BCUT2D eigenvalue weighted by molar-refractivity contribution is 0.0688. The smallest absolute Gasteiger partial charge is 0.339 e. The molecule has 0 radical (unpaired) electrons. The summed E-state index contributed by atoms with van der Waals surface area (Å²) in [6.45, 7) is 7.63. The maximum Gasteiger partial charge on any atom is 0.339 e. The van der Waals surface area contributed by atoms with E-state index in [0.717, 1.165) is 0 Å². The van der Waals surface area contributed by atoms with Crippen LogP contribution in [0.25, 0.3) is 0 Å². The molecule has 0 fully saturated rings. The molecule has 1 aromatic carbocycles. The third kappa shape index (κ3) is 3.24. The molecule has 0 unspecified atom stereocenters. The van der Waals surface area contributed by atoms with Crippen molar-refractivity contribution in [3.05, 3.63) is 42.1 Å². The molecule has 0 saturated heterocycles. The zero-order valence-corrected chi connectivity index (χ0v) is 11.0. The van der Waals surface area contributed by atoms with Crippen LogP contribution in [0.3, 0.4) is 0 Å². The van der Waals surface area contributed by atoms with Crippen LogP contribution in [0.2, 0.25) is 0 Å². The first-order valence-electron chi connectivity index (χ1n) is 5.08. The van der Waals surface area contributed by atoms with Crippen molar-refractivity contribution in [3.8, 4) is 5.75 Å². The number of rotatable bonds is 5. The molecule has 86 valence electrons. The van der Waals surface area contributed by atoms with Crippen molar-refractivity contribution in [2.75, 3.05) is 0 Å². The lowest BCUT2D eigenvalue weighted by atomic mass is 10.2. The Hall–Kier alpha value is -1.55. The number of para-hydroxylation sites is 1. The van der Waals surface area contributed by atoms with Crippen molar-refractivity contribution in [2.24, 2.45) is 0 Å². The largest absolute Gasteiger partial charge is 0.491 e. The maximum atomic E-state index is 11.0. The molecule has 1 rings (SSSR count). The number of hydrogen-bond acceptors (Lipinski definition) is 2. The number of aromatic carboxylic acids is 1. The number of hydrogen-bond donors (Lipinski definition) is 1. The van der Waals surface area contributed by atoms with E-state index in [-0.39, 0.29) is 10.8 Å². The van der Waals surface area contributed by atoms with Gasteiger partial charge in [-0.25, -0.2) is 4.79 Å². The molecule has 1 aromatic rings. The summed E-state index contributed by atoms with van der Waals surface area (Å²) < 4.78 is 5.74. The Balaban J connectivity index is 2.96. The highest BCUT2D eigenvalue weighted by molar-refractivity contribution is 6.45. The Morgan fingerprint density at radius 1 is 1.50 bits per heavy atom. The predicted molar refractivity (Wildman–Crippen MR) is 66.8 cm³/mol. The van der Waals surface area contributed by atoms with Gasteiger partial charge in [0.25, 0.3) is 0 Å². The summed E-state index contributed by atoms with van der Waals surface area (Å²) >= 11 is 0. The highest BCUT2D eigenvalue weighted by Crippen LogP contribution is 2.22. The molecule has 0 saturated carbocycles. The SMILES string of the molecule is C=C[SiH2]C(C)(C)Oc1ccccc1C(=O)O. The van der Waals surface area contributed by atoms with Crippen molar-refractivity contribution >= 4 is 15.5 Å². The van der Waals surface area contributed by atoms with Gasteiger partial charge in [0.15, 0.2) is 0 Å². The van der Waals surface area contributed by atoms with E-state index in [1.807, 2.05) is 19.5 Å². The van der Waals surface area contributed by atoms with E-state index in [4.69, 9.17) is 9.84 Å². The van der Waals surface area contributed by atoms with Crippen LogP contribution in [0, 0.1) is 0 Å². The van der Waals surface area contributed by atoms with Gasteiger partial charge in [0.05, 0.1) is 14.7 Å². The van der Waals surface area contributed by atoms with E-state index in [2.05, 4.69) is 6.58 Å². The normalized spacial score (nSPS) is 11.6. The topological polar surface area (TPSA) is 46.5 Å². The van der Waals surface area contributed by atoms with E-state index in [9.17, 15) is 4.79 Å². The Bertz CT molecular complexity index is 399. The summed E-state index contributed by atoms with van der Waals surface area (Å²) in [5, 5.41) is 8.69. The first-order chi connectivity index (χ1) is 7.46. The fourth-order valence-corrected chi connectivity index (χ4v) is 2.35. The van der Waals surface area contributed by atoms with Gasteiger partial charge >= 0.3 is 5.97 Å². The van der Waals surface area contributed by atoms with E-state index in [1.165, 1.54) is 0 Å². The molecule has 16 heavy (non-hydrogen) atoms. The molecule has 4 heteroatoms. The second-order valence-corrected chi connectivity index (χ2v) is 6.84. The monoisotopic (exact) mass is 236 g/mol. The van der Waals surface area contributed by atoms with Gasteiger partial charge in [0.1, 0.15) is 11.3 Å². The minimum atomic E-state index is -0.966. The van der Waals surface area contributed by atoms with Crippen molar-refractivity contribution in [3.63, 3.8) is 0 Å². The van der Waals surface area contributed by atoms with Crippen molar-refractivity contribution < 1.29 is 14.6 Å². The Kier molecular flexibility index (Phi) is 3.90. The average molecular weight is 236 g/mol. The van der Waals surface area contributed by atoms with Gasteiger partial charge in [0, 0.05) is 0 Å². The Labute approximate surface area is 97.6 Å². The van der Waals surface area contributed by atoms with Crippen LogP contribution in [0.15, 0.2) is 36.5 Å². The summed E-state index contributed by atoms with van der Waals surface area (Å²) in [6.07, 6.45) is 0. The minimum absolute atomic E-state index is 0.202. The number of carbonyl (C=O) groups is 1. The quantitative estimate of drug-likeness (QED) is 0.793. The zero-order chi connectivity index (χ0) is 12.2. The van der Waals surface area contributed by atoms with E-state index >= 15 is 0 Å². The van der Waals surface area contributed by atoms with Gasteiger partial charge in [-0.3, -0.25) is 0 Å². The van der Waals surface area contributed by atoms with Crippen LogP contribution in [-0.2, 0) is 0 Å². The molecule has 0 atom stereocenters. The molecule has 0 spiro atoms. The second kappa shape index (κ2) is 4.98. The van der Waals surface area contributed by atoms with Crippen molar-refractivity contribution in [1.29, 1.82) is 0 Å². The van der Waals surface area contributed by atoms with Gasteiger partial charge in [-0.15, -0.1) is 12.3 Å². The molecule has 0 heterocycles. The summed E-state index contributed by atoms with van der Waals surface area (Å²) in [6, 6.07) is 6.69. The van der Waals surface area contributed by atoms with Crippen LogP contribution >= 0.6 is 0 Å². The number of ether oxygens (including phenoxy) is 1. The second-order valence-electron chi connectivity index (χ2n) is 4.16. The van der Waals surface area contributed by atoms with Crippen LogP contribution in [0.5, 0.6) is 5.75 Å². The first-order valence-corrected chi connectivity index (χ1v) is 6.61. The molecule has 1 N–H and O–H groups in total. The van der Waals surface area contributed by atoms with Gasteiger partial charge in [-0.1, -0.05) is 12.1 Å². The van der Waals surface area contributed by atoms with E-state index in [0.29, 0.717) is 5.75 Å². The average Bonchev–Trinajstić information content (AvgIpc) is 2.17. The van der Waals surface area contributed by atoms with Gasteiger partial charge in [-0.05, 0) is 26.0 Å². The standard InChI is InChI=1S/C12H16O3Si/c1-4-16-12(2,3)15-10-8-6-5-7-9(10)11(13)14/h4-8H,1,16H2,2-3H3,(H,13,14). The molecular formula is C12H16O3Si. The van der Waals surface area contributed by atoms with Crippen LogP contribution in [0.1, 0.15) is 24.2 Å². The molecule has 0 aliphatic rings. The fourth-order valence-electron chi connectivity index (χ4n) is 1.42. The highest BCUT2D eigenvalue weighted by atomic mass is 28.2. The summed E-state index contributed by atoms with van der Waals surface area (Å²) in [5.74, 6) is -0.541. The third-order valence-corrected chi connectivity index (χ3v) is 3.56. The predicted octanol–water partition coefficient (Wildman–Crippen LogP) is 1.81. The maximum absolute atomic E-state index is 11.0. The zero-order valence-electron chi connectivity index (χ0n) is 9.56. The molecule has 0 bridgehead atoms. The lowest BCUT2D eigenvalue weighted by Crippen LogP contribution is -2.35. The lowest BCUT2D eigenvalue weighted by Gasteiger charge is -2.25. The third-order valence-electron chi connectivity index (χ3n) is 2.14. The Morgan fingerprint density at radius 3 is 2.69 bits per heavy atom. The van der Waals surface area contributed by atoms with E-state index < -0.39 is 15.5 Å². The fraction of sp³-hybridized carbons (Fsp3) is 0.250. The van der Waals surface area contributed by atoms with Gasteiger partial charge in [0.2, 0.25) is 0 Å². The molecule has 0 aliphatic heterocycles. The molecule has 0 amide bonds. The molecular weight excluding hydrogens is 220 g/mol. The number of carboxylic acid groups (broad SMARTS) is 1. The highest BCUT2D eigenvalue weighted by Gasteiger charge is 2.21. The van der Waals surface area contributed by atoms with Gasteiger partial charge in [-0.2, -0.15) is 0 Å². The first kappa shape index (κ1) is 12.5. The molecule has 0 aromatic heterocycles. The Morgan fingerprint density at radius 2 is 2.12 bits per heavy atom. The van der Waals surface area contributed by atoms with Crippen LogP contribution < -0.4 is 4.74 Å². The minimum Gasteiger partial charge on any atom is -0.491 e. The van der Waals surface area contributed by atoms with Crippen molar-refractivity contribution in [1.82, 2.24) is 0 Å². The summed E-state index contributed by atoms with van der Waals surface area (Å²) in [4.78, 5) is 11.0. The number of benzene rings is 1. The molecule has 3 nitrogen and oxygen atoms in total. The van der Waals surface area contributed by atoms with Crippen LogP contribution in [-0.4, -0.2) is 25.8 Å². The van der Waals surface area contributed by atoms with Gasteiger partial charge < -0.3 is 9.84 Å². The molecule has 0 aliphatic carbocycles. The summed E-state index contributed by atoms with van der Waals surface area (Å²) in [5.41, 5.74) is 2.09. The summed E-state index contributed by atoms with van der Waals surface area (Å²) in [7, 11) is -0.586. The van der Waals surface area contributed by atoms with Crippen LogP contribution in [0.4, 0.5) is 0 Å². The number of carboxylic acids is 1.